The lowest BCUT2D eigenvalue weighted by Crippen LogP contribution is -2.30. The highest BCUT2D eigenvalue weighted by molar-refractivity contribution is 5.80. The van der Waals surface area contributed by atoms with Crippen LogP contribution in [0.4, 0.5) is 18.9 Å². The fourth-order valence-electron chi connectivity index (χ4n) is 4.35. The summed E-state index contributed by atoms with van der Waals surface area (Å²) in [6, 6.07) is 8.52. The minimum atomic E-state index is -2.66. The zero-order chi connectivity index (χ0) is 22.7. The van der Waals surface area contributed by atoms with E-state index in [2.05, 4.69) is 20.3 Å². The fraction of sp³-hybridized carbons (Fsp3) is 0.375. The number of hydrogen-bond donors (Lipinski definition) is 1. The Morgan fingerprint density at radius 2 is 1.84 bits per heavy atom. The largest absolute Gasteiger partial charge is 0.467 e. The summed E-state index contributed by atoms with van der Waals surface area (Å²) >= 11 is 0. The molecule has 2 aromatic heterocycles. The third-order valence-corrected chi connectivity index (χ3v) is 5.96. The van der Waals surface area contributed by atoms with Crippen molar-refractivity contribution in [2.75, 3.05) is 12.4 Å². The van der Waals surface area contributed by atoms with E-state index in [9.17, 15) is 13.2 Å². The number of alkyl halides is 2. The van der Waals surface area contributed by atoms with Crippen molar-refractivity contribution in [3.05, 3.63) is 66.0 Å². The van der Waals surface area contributed by atoms with E-state index in [1.807, 2.05) is 6.92 Å². The first-order chi connectivity index (χ1) is 15.4. The Morgan fingerprint density at radius 1 is 1.09 bits per heavy atom. The van der Waals surface area contributed by atoms with Crippen LogP contribution >= 0.6 is 0 Å². The van der Waals surface area contributed by atoms with Gasteiger partial charge in [0.05, 0.1) is 18.5 Å². The second kappa shape index (κ2) is 9.14. The number of nitrogens with one attached hydrogen (secondary N) is 1. The summed E-state index contributed by atoms with van der Waals surface area (Å²) < 4.78 is 47.6. The van der Waals surface area contributed by atoms with Crippen LogP contribution < -0.4 is 10.1 Å². The maximum absolute atomic E-state index is 14.7. The predicted octanol–water partition coefficient (Wildman–Crippen LogP) is 5.84. The minimum absolute atomic E-state index is 0.157. The molecule has 0 saturated heterocycles. The average molecular weight is 442 g/mol. The molecular formula is C24H25F3N4O. The Hall–Kier alpha value is -3.16. The van der Waals surface area contributed by atoms with E-state index < -0.39 is 5.92 Å². The lowest BCUT2D eigenvalue weighted by molar-refractivity contribution is -0.0558. The Morgan fingerprint density at radius 3 is 2.53 bits per heavy atom. The highest BCUT2D eigenvalue weighted by atomic mass is 19.3. The maximum Gasteiger partial charge on any atom is 0.316 e. The van der Waals surface area contributed by atoms with Gasteiger partial charge in [-0.3, -0.25) is 4.98 Å². The maximum atomic E-state index is 14.7. The molecule has 32 heavy (non-hydrogen) atoms. The van der Waals surface area contributed by atoms with Crippen LogP contribution in [0, 0.1) is 11.7 Å². The molecule has 2 heterocycles. The third kappa shape index (κ3) is 4.69. The molecule has 3 aromatic rings. The Labute approximate surface area is 185 Å². The number of rotatable bonds is 6. The van der Waals surface area contributed by atoms with Gasteiger partial charge in [0.15, 0.2) is 0 Å². The summed E-state index contributed by atoms with van der Waals surface area (Å²) in [5, 5.41) is 3.36. The van der Waals surface area contributed by atoms with Crippen molar-refractivity contribution in [1.82, 2.24) is 15.0 Å². The first-order valence-corrected chi connectivity index (χ1v) is 10.6. The molecule has 5 nitrogen and oxygen atoms in total. The minimum Gasteiger partial charge on any atom is -0.467 e. The standard InChI is InChI=1S/C24H25F3N4O/c1-15-11-24(26,27)9-7-17(15)21-22(29-12-16-13-30-23(32-2)31-14-16)19(8-10-28-21)18-5-3-4-6-20(18)25/h3-6,8,10,13-15,17,29H,7,9,11-12H2,1-2H3/t15-,17+/m1/s1. The molecular weight excluding hydrogens is 417 g/mol. The summed E-state index contributed by atoms with van der Waals surface area (Å²) in [6.07, 6.45) is 4.86. The summed E-state index contributed by atoms with van der Waals surface area (Å²) in [5.74, 6) is -3.43. The van der Waals surface area contributed by atoms with Gasteiger partial charge >= 0.3 is 6.01 Å². The van der Waals surface area contributed by atoms with Crippen LogP contribution in [0.2, 0.25) is 0 Å². The van der Waals surface area contributed by atoms with Gasteiger partial charge in [-0.05, 0) is 24.5 Å². The van der Waals surface area contributed by atoms with E-state index in [1.54, 1.807) is 42.9 Å². The normalized spacial score (nSPS) is 20.0. The number of anilines is 1. The van der Waals surface area contributed by atoms with Crippen molar-refractivity contribution in [3.8, 4) is 17.1 Å². The molecule has 1 N–H and O–H groups in total. The number of nitrogens with zero attached hydrogens (tertiary/aromatic N) is 3. The monoisotopic (exact) mass is 442 g/mol. The van der Waals surface area contributed by atoms with Crippen molar-refractivity contribution in [2.45, 2.75) is 44.6 Å². The second-order valence-corrected chi connectivity index (χ2v) is 8.21. The van der Waals surface area contributed by atoms with E-state index in [1.165, 1.54) is 13.2 Å². The first-order valence-electron chi connectivity index (χ1n) is 10.6. The average Bonchev–Trinajstić information content (AvgIpc) is 2.78. The highest BCUT2D eigenvalue weighted by Gasteiger charge is 2.41. The van der Waals surface area contributed by atoms with Gasteiger partial charge in [0.1, 0.15) is 5.82 Å². The number of halogens is 3. The quantitative estimate of drug-likeness (QED) is 0.520. The lowest BCUT2D eigenvalue weighted by Gasteiger charge is -2.35. The number of ether oxygens (including phenoxy) is 1. The van der Waals surface area contributed by atoms with Crippen molar-refractivity contribution in [1.29, 1.82) is 0 Å². The molecule has 0 bridgehead atoms. The molecule has 1 saturated carbocycles. The Balaban J connectivity index is 1.72. The SMILES string of the molecule is COc1ncc(CNc2c(-c3ccccc3F)ccnc2[C@H]2CCC(F)(F)C[C@H]2C)cn1. The predicted molar refractivity (Wildman–Crippen MR) is 116 cm³/mol. The lowest BCUT2D eigenvalue weighted by atomic mass is 9.75. The number of methoxy groups -OCH3 is 1. The van der Waals surface area contributed by atoms with Gasteiger partial charge in [0.25, 0.3) is 0 Å². The molecule has 1 fully saturated rings. The van der Waals surface area contributed by atoms with E-state index in [0.717, 1.165) is 5.56 Å². The highest BCUT2D eigenvalue weighted by Crippen LogP contribution is 2.47. The van der Waals surface area contributed by atoms with Gasteiger partial charge < -0.3 is 10.1 Å². The van der Waals surface area contributed by atoms with Crippen LogP contribution in [-0.4, -0.2) is 28.0 Å². The van der Waals surface area contributed by atoms with Crippen LogP contribution in [-0.2, 0) is 6.54 Å². The molecule has 8 heteroatoms. The molecule has 0 unspecified atom stereocenters. The summed E-state index contributed by atoms with van der Waals surface area (Å²) in [5.41, 5.74) is 3.20. The Kier molecular flexibility index (Phi) is 6.30. The molecule has 0 amide bonds. The zero-order valence-electron chi connectivity index (χ0n) is 18.0. The molecule has 168 valence electrons. The topological polar surface area (TPSA) is 59.9 Å². The molecule has 4 rings (SSSR count). The third-order valence-electron chi connectivity index (χ3n) is 5.96. The van der Waals surface area contributed by atoms with E-state index in [0.29, 0.717) is 35.5 Å². The molecule has 2 atom stereocenters. The molecule has 0 aliphatic heterocycles. The van der Waals surface area contributed by atoms with Crippen LogP contribution in [0.1, 0.15) is 43.4 Å². The summed E-state index contributed by atoms with van der Waals surface area (Å²) in [7, 11) is 1.49. The number of aromatic nitrogens is 3. The van der Waals surface area contributed by atoms with Gasteiger partial charge in [-0.25, -0.2) is 23.1 Å². The van der Waals surface area contributed by atoms with Crippen LogP contribution in [0.3, 0.4) is 0 Å². The molecule has 1 aromatic carbocycles. The smallest absolute Gasteiger partial charge is 0.316 e. The van der Waals surface area contributed by atoms with Crippen LogP contribution in [0.25, 0.3) is 11.1 Å². The van der Waals surface area contributed by atoms with Gasteiger partial charge in [-0.15, -0.1) is 0 Å². The first kappa shape index (κ1) is 22.0. The van der Waals surface area contributed by atoms with Crippen molar-refractivity contribution < 1.29 is 17.9 Å². The molecule has 1 aliphatic rings. The van der Waals surface area contributed by atoms with Crippen molar-refractivity contribution in [2.24, 2.45) is 5.92 Å². The molecule has 0 spiro atoms. The van der Waals surface area contributed by atoms with E-state index in [4.69, 9.17) is 4.74 Å². The Bertz CT molecular complexity index is 1080. The van der Waals surface area contributed by atoms with E-state index in [-0.39, 0.29) is 36.5 Å². The van der Waals surface area contributed by atoms with Crippen LogP contribution in [0.15, 0.2) is 48.9 Å². The van der Waals surface area contributed by atoms with Gasteiger partial charge in [-0.1, -0.05) is 25.1 Å². The molecule has 1 aliphatic carbocycles. The number of hydrogen-bond acceptors (Lipinski definition) is 5. The fourth-order valence-corrected chi connectivity index (χ4v) is 4.35. The second-order valence-electron chi connectivity index (χ2n) is 8.21. The number of benzene rings is 1. The molecule has 0 radical (unpaired) electrons. The van der Waals surface area contributed by atoms with Crippen molar-refractivity contribution >= 4 is 5.69 Å². The van der Waals surface area contributed by atoms with Gasteiger partial charge in [0.2, 0.25) is 5.92 Å². The van der Waals surface area contributed by atoms with Crippen molar-refractivity contribution in [3.63, 3.8) is 0 Å². The zero-order valence-corrected chi connectivity index (χ0v) is 18.0. The van der Waals surface area contributed by atoms with Gasteiger partial charge in [0, 0.05) is 60.6 Å². The van der Waals surface area contributed by atoms with Gasteiger partial charge in [-0.2, -0.15) is 0 Å². The number of pyridine rings is 1. The summed E-state index contributed by atoms with van der Waals surface area (Å²) in [6.45, 7) is 2.19. The van der Waals surface area contributed by atoms with Crippen LogP contribution in [0.5, 0.6) is 6.01 Å². The van der Waals surface area contributed by atoms with E-state index >= 15 is 0 Å². The summed E-state index contributed by atoms with van der Waals surface area (Å²) in [4.78, 5) is 12.8.